The molecular formula is C17H21N3O4. The monoisotopic (exact) mass is 331 g/mol. The highest BCUT2D eigenvalue weighted by atomic mass is 16.3. The lowest BCUT2D eigenvalue weighted by Crippen LogP contribution is -2.52. The molecule has 2 atom stereocenters. The fourth-order valence-electron chi connectivity index (χ4n) is 3.09. The van der Waals surface area contributed by atoms with Crippen molar-refractivity contribution in [1.29, 1.82) is 0 Å². The van der Waals surface area contributed by atoms with Crippen molar-refractivity contribution in [1.82, 2.24) is 15.5 Å². The summed E-state index contributed by atoms with van der Waals surface area (Å²) in [4.78, 5) is 37.4. The smallest absolute Gasteiger partial charge is 0.255 e. The number of nitrogens with zero attached hydrogens (tertiary/aromatic N) is 1. The van der Waals surface area contributed by atoms with Gasteiger partial charge in [0.15, 0.2) is 0 Å². The molecular weight excluding hydrogens is 310 g/mol. The molecule has 0 spiro atoms. The summed E-state index contributed by atoms with van der Waals surface area (Å²) in [6.07, 6.45) is 0.623. The minimum Gasteiger partial charge on any atom is -0.395 e. The number of carbonyl (C=O) groups excluding carboxylic acids is 3. The van der Waals surface area contributed by atoms with Gasteiger partial charge in [-0.3, -0.25) is 19.7 Å². The molecule has 1 aromatic rings. The van der Waals surface area contributed by atoms with E-state index in [-0.39, 0.29) is 30.9 Å². The SMILES string of the molecule is CC(CO)NCc1ccc2c(c1)CN(C1CCC(=O)NC1=O)C2=O. The number of aliphatic hydroxyl groups excluding tert-OH is 1. The average molecular weight is 331 g/mol. The van der Waals surface area contributed by atoms with Crippen molar-refractivity contribution in [3.8, 4) is 0 Å². The average Bonchev–Trinajstić information content (AvgIpc) is 2.89. The highest BCUT2D eigenvalue weighted by Gasteiger charge is 2.38. The Balaban J connectivity index is 1.73. The van der Waals surface area contributed by atoms with Crippen LogP contribution in [0, 0.1) is 0 Å². The number of rotatable bonds is 5. The van der Waals surface area contributed by atoms with Gasteiger partial charge in [-0.1, -0.05) is 12.1 Å². The molecule has 0 aliphatic carbocycles. The van der Waals surface area contributed by atoms with Gasteiger partial charge in [0.05, 0.1) is 6.61 Å². The maximum absolute atomic E-state index is 12.6. The summed E-state index contributed by atoms with van der Waals surface area (Å²) in [5.74, 6) is -0.847. The number of aliphatic hydroxyl groups is 1. The van der Waals surface area contributed by atoms with Crippen LogP contribution in [0.1, 0.15) is 41.3 Å². The highest BCUT2D eigenvalue weighted by Crippen LogP contribution is 2.28. The molecule has 1 saturated heterocycles. The Morgan fingerprint density at radius 2 is 2.17 bits per heavy atom. The van der Waals surface area contributed by atoms with Crippen LogP contribution in [0.25, 0.3) is 0 Å². The lowest BCUT2D eigenvalue weighted by molar-refractivity contribution is -0.136. The van der Waals surface area contributed by atoms with Gasteiger partial charge in [-0.05, 0) is 30.5 Å². The third-order valence-electron chi connectivity index (χ3n) is 4.52. The number of nitrogens with one attached hydrogen (secondary N) is 2. The van der Waals surface area contributed by atoms with Crippen LogP contribution in [0.2, 0.25) is 0 Å². The van der Waals surface area contributed by atoms with E-state index in [4.69, 9.17) is 5.11 Å². The standard InChI is InChI=1S/C17H21N3O4/c1-10(9-21)18-7-11-2-3-13-12(6-11)8-20(17(13)24)14-4-5-15(22)19-16(14)23/h2-3,6,10,14,18,21H,4-5,7-9H2,1H3,(H,19,22,23). The second-order valence-electron chi connectivity index (χ2n) is 6.36. The molecule has 3 N–H and O–H groups in total. The molecule has 0 aromatic heterocycles. The zero-order valence-electron chi connectivity index (χ0n) is 13.5. The molecule has 0 bridgehead atoms. The largest absolute Gasteiger partial charge is 0.395 e. The molecule has 2 aliphatic rings. The van der Waals surface area contributed by atoms with Crippen LogP contribution in [-0.4, -0.2) is 46.4 Å². The molecule has 7 heteroatoms. The lowest BCUT2D eigenvalue weighted by Gasteiger charge is -2.29. The van der Waals surface area contributed by atoms with Gasteiger partial charge < -0.3 is 15.3 Å². The summed E-state index contributed by atoms with van der Waals surface area (Å²) in [5, 5.41) is 14.5. The van der Waals surface area contributed by atoms with Crippen molar-refractivity contribution in [3.05, 3.63) is 34.9 Å². The molecule has 2 heterocycles. The van der Waals surface area contributed by atoms with Crippen LogP contribution < -0.4 is 10.6 Å². The minimum absolute atomic E-state index is 0.000133. The summed E-state index contributed by atoms with van der Waals surface area (Å²) >= 11 is 0. The minimum atomic E-state index is -0.585. The summed E-state index contributed by atoms with van der Waals surface area (Å²) in [6, 6.07) is 5.03. The van der Waals surface area contributed by atoms with Crippen LogP contribution in [0.4, 0.5) is 0 Å². The second-order valence-corrected chi connectivity index (χ2v) is 6.36. The quantitative estimate of drug-likeness (QED) is 0.656. The fourth-order valence-corrected chi connectivity index (χ4v) is 3.09. The van der Waals surface area contributed by atoms with E-state index in [1.54, 1.807) is 11.0 Å². The van der Waals surface area contributed by atoms with E-state index in [0.717, 1.165) is 11.1 Å². The van der Waals surface area contributed by atoms with Gasteiger partial charge in [-0.25, -0.2) is 0 Å². The third-order valence-corrected chi connectivity index (χ3v) is 4.52. The van der Waals surface area contributed by atoms with E-state index >= 15 is 0 Å². The maximum Gasteiger partial charge on any atom is 0.255 e. The number of hydrogen-bond donors (Lipinski definition) is 3. The van der Waals surface area contributed by atoms with Crippen molar-refractivity contribution in [2.45, 2.75) is 44.9 Å². The first-order valence-electron chi connectivity index (χ1n) is 8.10. The van der Waals surface area contributed by atoms with E-state index in [1.165, 1.54) is 0 Å². The molecule has 2 unspecified atom stereocenters. The Morgan fingerprint density at radius 1 is 1.38 bits per heavy atom. The Hall–Kier alpha value is -2.25. The zero-order chi connectivity index (χ0) is 17.3. The molecule has 3 amide bonds. The zero-order valence-corrected chi connectivity index (χ0v) is 13.5. The number of amides is 3. The normalized spacial score (nSPS) is 21.7. The number of fused-ring (bicyclic) bond motifs is 1. The number of carbonyl (C=O) groups is 3. The Morgan fingerprint density at radius 3 is 2.88 bits per heavy atom. The molecule has 1 fully saturated rings. The Kier molecular flexibility index (Phi) is 4.64. The molecule has 7 nitrogen and oxygen atoms in total. The topological polar surface area (TPSA) is 98.7 Å². The van der Waals surface area contributed by atoms with Crippen LogP contribution in [0.15, 0.2) is 18.2 Å². The van der Waals surface area contributed by atoms with Crippen molar-refractivity contribution in [3.63, 3.8) is 0 Å². The van der Waals surface area contributed by atoms with Crippen LogP contribution in [0.3, 0.4) is 0 Å². The first kappa shape index (κ1) is 16.6. The molecule has 128 valence electrons. The maximum atomic E-state index is 12.6. The predicted molar refractivity (Wildman–Crippen MR) is 85.9 cm³/mol. The van der Waals surface area contributed by atoms with Crippen LogP contribution >= 0.6 is 0 Å². The van der Waals surface area contributed by atoms with Crippen molar-refractivity contribution in [2.75, 3.05) is 6.61 Å². The molecule has 0 saturated carbocycles. The van der Waals surface area contributed by atoms with Gasteiger partial charge in [-0.15, -0.1) is 0 Å². The lowest BCUT2D eigenvalue weighted by atomic mass is 10.0. The molecule has 2 aliphatic heterocycles. The van der Waals surface area contributed by atoms with Gasteiger partial charge >= 0.3 is 0 Å². The number of imide groups is 1. The molecule has 1 aromatic carbocycles. The third kappa shape index (κ3) is 3.18. The second kappa shape index (κ2) is 6.70. The van der Waals surface area contributed by atoms with E-state index < -0.39 is 11.9 Å². The molecule has 0 radical (unpaired) electrons. The highest BCUT2D eigenvalue weighted by molar-refractivity contribution is 6.05. The van der Waals surface area contributed by atoms with Gasteiger partial charge in [0.2, 0.25) is 11.8 Å². The van der Waals surface area contributed by atoms with Gasteiger partial charge in [-0.2, -0.15) is 0 Å². The van der Waals surface area contributed by atoms with E-state index in [2.05, 4.69) is 10.6 Å². The summed E-state index contributed by atoms with van der Waals surface area (Å²) < 4.78 is 0. The Labute approximate surface area is 140 Å². The van der Waals surface area contributed by atoms with Gasteiger partial charge in [0.25, 0.3) is 5.91 Å². The van der Waals surface area contributed by atoms with E-state index in [1.807, 2.05) is 19.1 Å². The van der Waals surface area contributed by atoms with Crippen LogP contribution in [0.5, 0.6) is 0 Å². The number of piperidine rings is 1. The Bertz CT molecular complexity index is 688. The number of benzene rings is 1. The van der Waals surface area contributed by atoms with Gasteiger partial charge in [0, 0.05) is 31.1 Å². The number of hydrogen-bond acceptors (Lipinski definition) is 5. The summed E-state index contributed by atoms with van der Waals surface area (Å²) in [5.41, 5.74) is 2.52. The predicted octanol–water partition coefficient (Wildman–Crippen LogP) is -0.0820. The summed E-state index contributed by atoms with van der Waals surface area (Å²) in [7, 11) is 0. The van der Waals surface area contributed by atoms with Gasteiger partial charge in [0.1, 0.15) is 6.04 Å². The van der Waals surface area contributed by atoms with Crippen LogP contribution in [-0.2, 0) is 22.7 Å². The van der Waals surface area contributed by atoms with Crippen molar-refractivity contribution < 1.29 is 19.5 Å². The first-order chi connectivity index (χ1) is 11.5. The van der Waals surface area contributed by atoms with Crippen molar-refractivity contribution >= 4 is 17.7 Å². The fraction of sp³-hybridized carbons (Fsp3) is 0.471. The first-order valence-corrected chi connectivity index (χ1v) is 8.10. The summed E-state index contributed by atoms with van der Waals surface area (Å²) in [6.45, 7) is 2.93. The van der Waals surface area contributed by atoms with Crippen molar-refractivity contribution in [2.24, 2.45) is 0 Å². The van der Waals surface area contributed by atoms with E-state index in [9.17, 15) is 14.4 Å². The van der Waals surface area contributed by atoms with E-state index in [0.29, 0.717) is 25.1 Å². The molecule has 24 heavy (non-hydrogen) atoms. The molecule has 3 rings (SSSR count).